The summed E-state index contributed by atoms with van der Waals surface area (Å²) in [5, 5.41) is 4.64. The van der Waals surface area contributed by atoms with Crippen LogP contribution < -0.4 is 10.2 Å². The van der Waals surface area contributed by atoms with E-state index in [1.54, 1.807) is 30.3 Å². The molecule has 0 aliphatic heterocycles. The summed E-state index contributed by atoms with van der Waals surface area (Å²) in [6, 6.07) is 14.3. The topological polar surface area (TPSA) is 50.7 Å². The molecule has 132 valence electrons. The molecule has 0 aliphatic rings. The van der Waals surface area contributed by atoms with Gasteiger partial charge in [-0.25, -0.2) is 0 Å². The van der Waals surface area contributed by atoms with E-state index in [0.29, 0.717) is 22.9 Å². The lowest BCUT2D eigenvalue weighted by Gasteiger charge is -2.09. The molecule has 2 aromatic carbocycles. The molecule has 2 aromatic rings. The minimum absolute atomic E-state index is 0.203. The predicted molar refractivity (Wildman–Crippen MR) is 104 cm³/mol. The number of halogens is 1. The molecule has 5 heteroatoms. The van der Waals surface area contributed by atoms with Gasteiger partial charge in [0.25, 0.3) is 0 Å². The molecule has 0 unspecified atom stereocenters. The molecule has 0 bridgehead atoms. The fraction of sp³-hybridized carbons (Fsp3) is 0.300. The van der Waals surface area contributed by atoms with Crippen molar-refractivity contribution in [3.63, 3.8) is 0 Å². The van der Waals surface area contributed by atoms with E-state index < -0.39 is 0 Å². The van der Waals surface area contributed by atoms with E-state index in [9.17, 15) is 4.79 Å². The lowest BCUT2D eigenvalue weighted by atomic mass is 10.1. The number of unbranched alkanes of at least 4 members (excludes halogenated alkanes) is 3. The van der Waals surface area contributed by atoms with Gasteiger partial charge < -0.3 is 4.74 Å². The van der Waals surface area contributed by atoms with Crippen LogP contribution in [0.5, 0.6) is 5.75 Å². The normalized spacial score (nSPS) is 10.8. The van der Waals surface area contributed by atoms with Crippen LogP contribution in [0.2, 0.25) is 5.02 Å². The number of Topliss-reactive ketones (excluding diaryl/α,β-unsaturated/α-hetero) is 1. The quantitative estimate of drug-likeness (QED) is 0.261. The summed E-state index contributed by atoms with van der Waals surface area (Å²) >= 11 is 5.83. The zero-order valence-corrected chi connectivity index (χ0v) is 15.1. The van der Waals surface area contributed by atoms with E-state index >= 15 is 0 Å². The van der Waals surface area contributed by atoms with E-state index in [1.807, 2.05) is 18.2 Å². The number of para-hydroxylation sites is 1. The fourth-order valence-electron chi connectivity index (χ4n) is 2.27. The van der Waals surface area contributed by atoms with Gasteiger partial charge in [-0.1, -0.05) is 49.9 Å². The largest absolute Gasteiger partial charge is 0.493 e. The van der Waals surface area contributed by atoms with E-state index in [-0.39, 0.29) is 5.78 Å². The summed E-state index contributed by atoms with van der Waals surface area (Å²) < 4.78 is 5.77. The highest BCUT2D eigenvalue weighted by atomic mass is 35.5. The maximum atomic E-state index is 12.4. The maximum absolute atomic E-state index is 12.4. The molecule has 0 amide bonds. The van der Waals surface area contributed by atoms with Gasteiger partial charge >= 0.3 is 0 Å². The highest BCUT2D eigenvalue weighted by molar-refractivity contribution is 6.36. The van der Waals surface area contributed by atoms with Gasteiger partial charge in [0.05, 0.1) is 24.1 Å². The van der Waals surface area contributed by atoms with Crippen LogP contribution in [0, 0.1) is 0 Å². The second kappa shape index (κ2) is 10.5. The Labute approximate surface area is 153 Å². The third-order valence-corrected chi connectivity index (χ3v) is 3.88. The first-order valence-electron chi connectivity index (χ1n) is 8.51. The number of nitrogens with one attached hydrogen (secondary N) is 1. The molecule has 4 nitrogen and oxygen atoms in total. The Bertz CT molecular complexity index is 699. The van der Waals surface area contributed by atoms with Crippen molar-refractivity contribution in [3.8, 4) is 5.75 Å². The molecule has 0 heterocycles. The Hall–Kier alpha value is -2.33. The number of rotatable bonds is 10. The molecule has 0 radical (unpaired) electrons. The molecular formula is C20H23ClN2O2. The van der Waals surface area contributed by atoms with Gasteiger partial charge in [-0.2, -0.15) is 5.10 Å². The molecule has 2 rings (SSSR count). The molecule has 0 saturated heterocycles. The molecule has 1 N–H and O–H groups in total. The zero-order chi connectivity index (χ0) is 17.9. The van der Waals surface area contributed by atoms with Gasteiger partial charge in [0.2, 0.25) is 5.78 Å². The zero-order valence-electron chi connectivity index (χ0n) is 14.4. The Morgan fingerprint density at radius 1 is 1.12 bits per heavy atom. The summed E-state index contributed by atoms with van der Waals surface area (Å²) in [5.41, 5.74) is 4.08. The summed E-state index contributed by atoms with van der Waals surface area (Å²) in [4.78, 5) is 12.4. The Kier molecular flexibility index (Phi) is 7.99. The number of carbonyl (C=O) groups excluding carboxylic acids is 1. The van der Waals surface area contributed by atoms with Crippen LogP contribution >= 0.6 is 11.6 Å². The average molecular weight is 359 g/mol. The van der Waals surface area contributed by atoms with Crippen LogP contribution in [-0.2, 0) is 0 Å². The number of hydrazone groups is 1. The van der Waals surface area contributed by atoms with Crippen molar-refractivity contribution in [1.82, 2.24) is 0 Å². The van der Waals surface area contributed by atoms with E-state index in [2.05, 4.69) is 17.5 Å². The molecule has 0 spiro atoms. The lowest BCUT2D eigenvalue weighted by Crippen LogP contribution is -2.07. The highest BCUT2D eigenvalue weighted by Gasteiger charge is 2.10. The van der Waals surface area contributed by atoms with Gasteiger partial charge in [0, 0.05) is 5.02 Å². The Balaban J connectivity index is 1.91. The highest BCUT2D eigenvalue weighted by Crippen LogP contribution is 2.19. The van der Waals surface area contributed by atoms with Gasteiger partial charge in [-0.15, -0.1) is 0 Å². The van der Waals surface area contributed by atoms with Gasteiger partial charge in [0.15, 0.2) is 0 Å². The number of hydrogen-bond acceptors (Lipinski definition) is 4. The lowest BCUT2D eigenvalue weighted by molar-refractivity contribution is 0.106. The van der Waals surface area contributed by atoms with Crippen molar-refractivity contribution in [2.24, 2.45) is 5.10 Å². The maximum Gasteiger partial charge on any atom is 0.209 e. The van der Waals surface area contributed by atoms with Gasteiger partial charge in [0.1, 0.15) is 5.75 Å². The van der Waals surface area contributed by atoms with E-state index in [4.69, 9.17) is 16.3 Å². The van der Waals surface area contributed by atoms with Crippen LogP contribution in [0.1, 0.15) is 43.0 Å². The molecular weight excluding hydrogens is 336 g/mol. The summed E-state index contributed by atoms with van der Waals surface area (Å²) in [7, 11) is 0. The summed E-state index contributed by atoms with van der Waals surface area (Å²) in [5.74, 6) is 0.396. The van der Waals surface area contributed by atoms with Crippen molar-refractivity contribution >= 4 is 29.3 Å². The standard InChI is InChI=1S/C20H23ClN2O2/c1-2-3-4-7-14-25-20-9-6-5-8-18(20)19(24)15-22-23-17-12-10-16(21)11-13-17/h5-6,8-13,15,23H,2-4,7,14H2,1H3/b22-15+. The molecule has 0 aromatic heterocycles. The molecule has 0 aliphatic carbocycles. The fourth-order valence-corrected chi connectivity index (χ4v) is 2.39. The first kappa shape index (κ1) is 19.0. The minimum atomic E-state index is -0.203. The minimum Gasteiger partial charge on any atom is -0.493 e. The number of carbonyl (C=O) groups is 1. The number of anilines is 1. The van der Waals surface area contributed by atoms with Crippen molar-refractivity contribution in [3.05, 3.63) is 59.1 Å². The van der Waals surface area contributed by atoms with E-state index in [0.717, 1.165) is 18.5 Å². The smallest absolute Gasteiger partial charge is 0.209 e. The number of hydrogen-bond donors (Lipinski definition) is 1. The van der Waals surface area contributed by atoms with Gasteiger partial charge in [-0.05, 0) is 42.8 Å². The van der Waals surface area contributed by atoms with Crippen molar-refractivity contribution in [2.45, 2.75) is 32.6 Å². The number of ketones is 1. The van der Waals surface area contributed by atoms with Crippen LogP contribution in [0.15, 0.2) is 53.6 Å². The summed E-state index contributed by atoms with van der Waals surface area (Å²) in [6.07, 6.45) is 5.77. The Morgan fingerprint density at radius 3 is 2.64 bits per heavy atom. The predicted octanol–water partition coefficient (Wildman–Crippen LogP) is 5.58. The third-order valence-electron chi connectivity index (χ3n) is 3.63. The van der Waals surface area contributed by atoms with Gasteiger partial charge in [-0.3, -0.25) is 10.2 Å². The van der Waals surface area contributed by atoms with Crippen LogP contribution in [0.3, 0.4) is 0 Å². The first-order valence-corrected chi connectivity index (χ1v) is 8.89. The number of ether oxygens (including phenoxy) is 1. The molecule has 25 heavy (non-hydrogen) atoms. The molecule has 0 fully saturated rings. The summed E-state index contributed by atoms with van der Waals surface area (Å²) in [6.45, 7) is 2.79. The van der Waals surface area contributed by atoms with Crippen LogP contribution in [0.25, 0.3) is 0 Å². The Morgan fingerprint density at radius 2 is 1.88 bits per heavy atom. The average Bonchev–Trinajstić information content (AvgIpc) is 2.63. The first-order chi connectivity index (χ1) is 12.2. The second-order valence-corrected chi connectivity index (χ2v) is 6.08. The van der Waals surface area contributed by atoms with Crippen LogP contribution in [-0.4, -0.2) is 18.6 Å². The van der Waals surface area contributed by atoms with Crippen molar-refractivity contribution in [2.75, 3.05) is 12.0 Å². The van der Waals surface area contributed by atoms with Crippen molar-refractivity contribution in [1.29, 1.82) is 0 Å². The van der Waals surface area contributed by atoms with Crippen molar-refractivity contribution < 1.29 is 9.53 Å². The second-order valence-electron chi connectivity index (χ2n) is 5.65. The monoisotopic (exact) mass is 358 g/mol. The molecule has 0 atom stereocenters. The number of benzene rings is 2. The number of nitrogens with zero attached hydrogens (tertiary/aromatic N) is 1. The van der Waals surface area contributed by atoms with E-state index in [1.165, 1.54) is 19.1 Å². The van der Waals surface area contributed by atoms with Crippen LogP contribution in [0.4, 0.5) is 5.69 Å². The SMILES string of the molecule is CCCCCCOc1ccccc1C(=O)/C=N/Nc1ccc(Cl)cc1. The third kappa shape index (κ3) is 6.59. The molecule has 0 saturated carbocycles.